The molecule has 1 rings (SSSR count). The van der Waals surface area contributed by atoms with E-state index < -0.39 is 15.8 Å². The highest BCUT2D eigenvalue weighted by atomic mass is 79.9. The van der Waals surface area contributed by atoms with Gasteiger partial charge in [-0.2, -0.15) is 0 Å². The smallest absolute Gasteiger partial charge is 0.234 e. The van der Waals surface area contributed by atoms with Gasteiger partial charge in [-0.3, -0.25) is 4.72 Å². The van der Waals surface area contributed by atoms with E-state index in [4.69, 9.17) is 0 Å². The van der Waals surface area contributed by atoms with Gasteiger partial charge in [0.25, 0.3) is 0 Å². The lowest BCUT2D eigenvalue weighted by Crippen LogP contribution is -2.24. The summed E-state index contributed by atoms with van der Waals surface area (Å²) in [4.78, 5) is 0. The lowest BCUT2D eigenvalue weighted by atomic mass is 10.3. The molecule has 0 aliphatic heterocycles. The van der Waals surface area contributed by atoms with Crippen LogP contribution in [0.15, 0.2) is 22.7 Å². The van der Waals surface area contributed by atoms with E-state index in [2.05, 4.69) is 26.0 Å². The zero-order valence-electron chi connectivity index (χ0n) is 8.63. The molecule has 0 spiro atoms. The van der Waals surface area contributed by atoms with Crippen LogP contribution in [-0.2, 0) is 10.0 Å². The molecule has 90 valence electrons. The molecule has 0 heterocycles. The van der Waals surface area contributed by atoms with E-state index in [0.29, 0.717) is 11.0 Å². The van der Waals surface area contributed by atoms with Crippen LogP contribution in [0.5, 0.6) is 0 Å². The quantitative estimate of drug-likeness (QED) is 0.867. The van der Waals surface area contributed by atoms with E-state index in [9.17, 15) is 12.8 Å². The van der Waals surface area contributed by atoms with Crippen LogP contribution in [0.2, 0.25) is 0 Å². The van der Waals surface area contributed by atoms with Gasteiger partial charge in [0, 0.05) is 11.0 Å². The Balaban J connectivity index is 2.83. The Morgan fingerprint density at radius 3 is 2.75 bits per heavy atom. The van der Waals surface area contributed by atoms with E-state index in [0.717, 1.165) is 6.07 Å². The van der Waals surface area contributed by atoms with Crippen LogP contribution in [0.25, 0.3) is 0 Å². The minimum atomic E-state index is -3.45. The summed E-state index contributed by atoms with van der Waals surface area (Å²) in [5.41, 5.74) is 0.205. The van der Waals surface area contributed by atoms with Crippen molar-refractivity contribution in [3.8, 4) is 0 Å². The second-order valence-corrected chi connectivity index (χ2v) is 5.84. The molecular weight excluding hydrogens is 299 g/mol. The van der Waals surface area contributed by atoms with E-state index in [1.807, 2.05) is 0 Å². The Morgan fingerprint density at radius 1 is 1.44 bits per heavy atom. The van der Waals surface area contributed by atoms with Crippen molar-refractivity contribution < 1.29 is 12.8 Å². The lowest BCUT2D eigenvalue weighted by Gasteiger charge is -2.09. The molecule has 2 N–H and O–H groups in total. The van der Waals surface area contributed by atoms with E-state index >= 15 is 0 Å². The van der Waals surface area contributed by atoms with Crippen molar-refractivity contribution >= 4 is 31.6 Å². The summed E-state index contributed by atoms with van der Waals surface area (Å²) in [5, 5.41) is 2.73. The van der Waals surface area contributed by atoms with Gasteiger partial charge in [0.2, 0.25) is 10.0 Å². The maximum atomic E-state index is 12.9. The fraction of sp³-hybridized carbons (Fsp3) is 0.333. The Morgan fingerprint density at radius 2 is 2.12 bits per heavy atom. The second-order valence-electron chi connectivity index (χ2n) is 3.15. The minimum absolute atomic E-state index is 0.0630. The monoisotopic (exact) mass is 310 g/mol. The van der Waals surface area contributed by atoms with Crippen molar-refractivity contribution in [2.24, 2.45) is 0 Å². The molecule has 0 amide bonds. The molecule has 0 radical (unpaired) electrons. The summed E-state index contributed by atoms with van der Waals surface area (Å²) < 4.78 is 38.8. The van der Waals surface area contributed by atoms with Crippen molar-refractivity contribution in [2.45, 2.75) is 0 Å². The maximum Gasteiger partial charge on any atom is 0.234 e. The van der Waals surface area contributed by atoms with Gasteiger partial charge in [0.05, 0.1) is 11.4 Å². The zero-order chi connectivity index (χ0) is 12.2. The SMILES string of the molecule is CNCCS(=O)(=O)Nc1cc(F)ccc1Br. The molecule has 0 aliphatic rings. The zero-order valence-corrected chi connectivity index (χ0v) is 11.0. The van der Waals surface area contributed by atoms with Crippen LogP contribution >= 0.6 is 15.9 Å². The molecule has 0 saturated heterocycles. The average molecular weight is 311 g/mol. The number of hydrogen-bond donors (Lipinski definition) is 2. The van der Waals surface area contributed by atoms with Crippen LogP contribution in [-0.4, -0.2) is 27.8 Å². The van der Waals surface area contributed by atoms with Gasteiger partial charge in [-0.15, -0.1) is 0 Å². The van der Waals surface area contributed by atoms with Crippen LogP contribution in [0.3, 0.4) is 0 Å². The first-order valence-electron chi connectivity index (χ1n) is 4.55. The predicted octanol–water partition coefficient (Wildman–Crippen LogP) is 1.55. The van der Waals surface area contributed by atoms with Crippen molar-refractivity contribution in [2.75, 3.05) is 24.1 Å². The van der Waals surface area contributed by atoms with Crippen molar-refractivity contribution in [1.29, 1.82) is 0 Å². The van der Waals surface area contributed by atoms with Crippen LogP contribution < -0.4 is 10.0 Å². The largest absolute Gasteiger partial charge is 0.319 e. The third-order valence-corrected chi connectivity index (χ3v) is 3.78. The number of hydrogen-bond acceptors (Lipinski definition) is 3. The van der Waals surface area contributed by atoms with Gasteiger partial charge in [-0.1, -0.05) is 0 Å². The summed E-state index contributed by atoms with van der Waals surface area (Å²) in [6.45, 7) is 0.336. The summed E-state index contributed by atoms with van der Waals surface area (Å²) in [7, 11) is -1.78. The predicted molar refractivity (Wildman–Crippen MR) is 65.4 cm³/mol. The van der Waals surface area contributed by atoms with Gasteiger partial charge < -0.3 is 5.32 Å². The van der Waals surface area contributed by atoms with Gasteiger partial charge in [-0.25, -0.2) is 12.8 Å². The summed E-state index contributed by atoms with van der Waals surface area (Å²) in [6, 6.07) is 3.82. The van der Waals surface area contributed by atoms with E-state index in [1.165, 1.54) is 12.1 Å². The van der Waals surface area contributed by atoms with E-state index in [1.54, 1.807) is 7.05 Å². The minimum Gasteiger partial charge on any atom is -0.319 e. The molecule has 0 fully saturated rings. The maximum absolute atomic E-state index is 12.9. The third kappa shape index (κ3) is 4.07. The topological polar surface area (TPSA) is 58.2 Å². The Hall–Kier alpha value is -0.660. The van der Waals surface area contributed by atoms with Crippen molar-refractivity contribution in [3.05, 3.63) is 28.5 Å². The first kappa shape index (κ1) is 13.4. The fourth-order valence-electron chi connectivity index (χ4n) is 1.03. The molecule has 16 heavy (non-hydrogen) atoms. The number of anilines is 1. The number of benzene rings is 1. The van der Waals surface area contributed by atoms with Gasteiger partial charge in [0.15, 0.2) is 0 Å². The highest BCUT2D eigenvalue weighted by molar-refractivity contribution is 9.10. The first-order chi connectivity index (χ1) is 7.44. The molecule has 0 aromatic heterocycles. The average Bonchev–Trinajstić information content (AvgIpc) is 2.20. The first-order valence-corrected chi connectivity index (χ1v) is 6.99. The van der Waals surface area contributed by atoms with Crippen LogP contribution in [0.1, 0.15) is 0 Å². The number of sulfonamides is 1. The molecular formula is C9H12BrFN2O2S. The molecule has 1 aromatic rings. The standard InChI is InChI=1S/C9H12BrFN2O2S/c1-12-4-5-16(14,15)13-9-6-7(11)2-3-8(9)10/h2-3,6,12-13H,4-5H2,1H3. The summed E-state index contributed by atoms with van der Waals surface area (Å²) >= 11 is 3.14. The lowest BCUT2D eigenvalue weighted by molar-refractivity contribution is 0.598. The molecule has 4 nitrogen and oxygen atoms in total. The second kappa shape index (κ2) is 5.60. The normalized spacial score (nSPS) is 11.4. The summed E-state index contributed by atoms with van der Waals surface area (Å²) in [5.74, 6) is -0.554. The van der Waals surface area contributed by atoms with Gasteiger partial charge >= 0.3 is 0 Å². The molecule has 0 atom stereocenters. The van der Waals surface area contributed by atoms with Gasteiger partial charge in [-0.05, 0) is 41.2 Å². The van der Waals surface area contributed by atoms with Crippen molar-refractivity contribution in [1.82, 2.24) is 5.32 Å². The number of rotatable bonds is 5. The van der Waals surface area contributed by atoms with Gasteiger partial charge in [0.1, 0.15) is 5.82 Å². The van der Waals surface area contributed by atoms with Crippen molar-refractivity contribution in [3.63, 3.8) is 0 Å². The highest BCUT2D eigenvalue weighted by Crippen LogP contribution is 2.23. The summed E-state index contributed by atoms with van der Waals surface area (Å²) in [6.07, 6.45) is 0. The Labute approximate surface area is 102 Å². The number of nitrogens with one attached hydrogen (secondary N) is 2. The molecule has 0 saturated carbocycles. The highest BCUT2D eigenvalue weighted by Gasteiger charge is 2.12. The van der Waals surface area contributed by atoms with Crippen LogP contribution in [0.4, 0.5) is 10.1 Å². The Bertz CT molecular complexity index is 465. The molecule has 0 unspecified atom stereocenters. The molecule has 1 aromatic carbocycles. The molecule has 0 bridgehead atoms. The number of halogens is 2. The fourth-order valence-corrected chi connectivity index (χ4v) is 2.59. The van der Waals surface area contributed by atoms with Crippen LogP contribution in [0, 0.1) is 5.82 Å². The molecule has 0 aliphatic carbocycles. The Kier molecular flexibility index (Phi) is 4.69. The third-order valence-electron chi connectivity index (χ3n) is 1.81. The molecule has 7 heteroatoms. The van der Waals surface area contributed by atoms with E-state index in [-0.39, 0.29) is 11.4 Å².